The van der Waals surface area contributed by atoms with Gasteiger partial charge in [-0.1, -0.05) is 13.8 Å². The van der Waals surface area contributed by atoms with Gasteiger partial charge in [-0.25, -0.2) is 0 Å². The Morgan fingerprint density at radius 1 is 1.56 bits per heavy atom. The number of methoxy groups -OCH3 is 1. The molecule has 92 valence electrons. The van der Waals surface area contributed by atoms with E-state index in [1.54, 1.807) is 7.11 Å². The van der Waals surface area contributed by atoms with Crippen molar-refractivity contribution in [3.63, 3.8) is 0 Å². The number of amides is 1. The first kappa shape index (κ1) is 11.9. The lowest BCUT2D eigenvalue weighted by molar-refractivity contribution is -0.119. The topological polar surface area (TPSA) is 50.4 Å². The second-order valence-corrected chi connectivity index (χ2v) is 5.55. The summed E-state index contributed by atoms with van der Waals surface area (Å²) in [5.74, 6) is 0.189. The van der Waals surface area contributed by atoms with Gasteiger partial charge in [-0.3, -0.25) is 4.79 Å². The summed E-state index contributed by atoms with van der Waals surface area (Å²) in [5.41, 5.74) is 0.206. The highest BCUT2D eigenvalue weighted by Gasteiger charge is 2.48. The van der Waals surface area contributed by atoms with Gasteiger partial charge in [0.05, 0.1) is 6.10 Å². The van der Waals surface area contributed by atoms with E-state index < -0.39 is 0 Å². The largest absolute Gasteiger partial charge is 0.381 e. The predicted octanol–water partition coefficient (Wildman–Crippen LogP) is 0.668. The second kappa shape index (κ2) is 4.34. The molecule has 0 aromatic carbocycles. The molecule has 1 amide bonds. The Labute approximate surface area is 97.1 Å². The van der Waals surface area contributed by atoms with Crippen molar-refractivity contribution in [3.8, 4) is 0 Å². The third kappa shape index (κ3) is 2.09. The lowest BCUT2D eigenvalue weighted by Gasteiger charge is -2.51. The molecule has 4 nitrogen and oxygen atoms in total. The molecule has 0 aromatic rings. The van der Waals surface area contributed by atoms with Gasteiger partial charge in [-0.05, 0) is 12.8 Å². The number of hydrogen-bond donors (Lipinski definition) is 2. The van der Waals surface area contributed by atoms with Crippen molar-refractivity contribution in [3.05, 3.63) is 0 Å². The highest BCUT2D eigenvalue weighted by molar-refractivity contribution is 5.78. The van der Waals surface area contributed by atoms with Crippen LogP contribution in [0, 0.1) is 5.41 Å². The van der Waals surface area contributed by atoms with E-state index in [1.807, 2.05) is 0 Å². The van der Waals surface area contributed by atoms with Crippen LogP contribution in [-0.4, -0.2) is 37.7 Å². The van der Waals surface area contributed by atoms with Crippen molar-refractivity contribution < 1.29 is 9.53 Å². The minimum atomic E-state index is 0.189. The van der Waals surface area contributed by atoms with Crippen LogP contribution in [0.3, 0.4) is 0 Å². The van der Waals surface area contributed by atoms with E-state index in [0.29, 0.717) is 24.6 Å². The van der Waals surface area contributed by atoms with Crippen molar-refractivity contribution in [1.29, 1.82) is 0 Å². The predicted molar refractivity (Wildman–Crippen MR) is 62.2 cm³/mol. The Morgan fingerprint density at radius 3 is 2.81 bits per heavy atom. The molecule has 4 heteroatoms. The highest BCUT2D eigenvalue weighted by atomic mass is 16.5. The van der Waals surface area contributed by atoms with Crippen LogP contribution in [0.4, 0.5) is 0 Å². The minimum Gasteiger partial charge on any atom is -0.381 e. The van der Waals surface area contributed by atoms with Gasteiger partial charge < -0.3 is 15.4 Å². The van der Waals surface area contributed by atoms with Crippen molar-refractivity contribution in [2.45, 2.75) is 51.3 Å². The Kier molecular flexibility index (Phi) is 3.22. The molecule has 0 aromatic heterocycles. The van der Waals surface area contributed by atoms with E-state index in [9.17, 15) is 4.79 Å². The van der Waals surface area contributed by atoms with E-state index in [1.165, 1.54) is 0 Å². The molecule has 0 radical (unpaired) electrons. The molecule has 1 saturated heterocycles. The first-order valence-corrected chi connectivity index (χ1v) is 6.09. The van der Waals surface area contributed by atoms with Crippen LogP contribution in [0.1, 0.15) is 33.1 Å². The summed E-state index contributed by atoms with van der Waals surface area (Å²) >= 11 is 0. The average Bonchev–Trinajstić information content (AvgIpc) is 2.63. The van der Waals surface area contributed by atoms with E-state index >= 15 is 0 Å². The highest BCUT2D eigenvalue weighted by Crippen LogP contribution is 2.42. The average molecular weight is 226 g/mol. The first-order valence-electron chi connectivity index (χ1n) is 6.09. The molecule has 1 aliphatic heterocycles. The molecule has 2 fully saturated rings. The Bertz CT molecular complexity index is 278. The molecule has 2 aliphatic rings. The van der Waals surface area contributed by atoms with Gasteiger partial charge in [0.25, 0.3) is 0 Å². The quantitative estimate of drug-likeness (QED) is 0.740. The van der Waals surface area contributed by atoms with E-state index in [-0.39, 0.29) is 11.3 Å². The smallest absolute Gasteiger partial charge is 0.220 e. The van der Waals surface area contributed by atoms with Crippen molar-refractivity contribution >= 4 is 5.91 Å². The molecule has 0 bridgehead atoms. The van der Waals surface area contributed by atoms with Gasteiger partial charge in [-0.15, -0.1) is 0 Å². The summed E-state index contributed by atoms with van der Waals surface area (Å²) in [4.78, 5) is 11.0. The maximum absolute atomic E-state index is 11.0. The van der Waals surface area contributed by atoms with Crippen LogP contribution >= 0.6 is 0 Å². The molecule has 3 atom stereocenters. The maximum Gasteiger partial charge on any atom is 0.220 e. The lowest BCUT2D eigenvalue weighted by atomic mass is 9.64. The fourth-order valence-electron chi connectivity index (χ4n) is 2.75. The zero-order chi connectivity index (χ0) is 11.8. The first-order chi connectivity index (χ1) is 7.54. The van der Waals surface area contributed by atoms with Crippen molar-refractivity contribution in [2.24, 2.45) is 5.41 Å². The SMILES string of the molecule is COC1CC(NCC2CCC(=O)N2)C1(C)C. The van der Waals surface area contributed by atoms with Gasteiger partial charge in [0, 0.05) is 37.6 Å². The van der Waals surface area contributed by atoms with Gasteiger partial charge in [0.15, 0.2) is 0 Å². The molecule has 0 spiro atoms. The molecular formula is C12H22N2O2. The molecule has 2 N–H and O–H groups in total. The summed E-state index contributed by atoms with van der Waals surface area (Å²) in [6.45, 7) is 5.35. The molecule has 1 aliphatic carbocycles. The summed E-state index contributed by atoms with van der Waals surface area (Å²) in [7, 11) is 1.78. The Hall–Kier alpha value is -0.610. The maximum atomic E-state index is 11.0. The monoisotopic (exact) mass is 226 g/mol. The number of hydrogen-bond acceptors (Lipinski definition) is 3. The molecule has 1 saturated carbocycles. The fourth-order valence-corrected chi connectivity index (χ4v) is 2.75. The van der Waals surface area contributed by atoms with Crippen LogP contribution in [0.5, 0.6) is 0 Å². The van der Waals surface area contributed by atoms with Gasteiger partial charge in [-0.2, -0.15) is 0 Å². The lowest BCUT2D eigenvalue weighted by Crippen LogP contribution is -2.61. The molecule has 1 heterocycles. The van der Waals surface area contributed by atoms with Crippen LogP contribution in [0.15, 0.2) is 0 Å². The summed E-state index contributed by atoms with van der Waals surface area (Å²) in [6, 6.07) is 0.833. The van der Waals surface area contributed by atoms with Crippen molar-refractivity contribution in [1.82, 2.24) is 10.6 Å². The number of ether oxygens (including phenoxy) is 1. The standard InChI is InChI=1S/C12H22N2O2/c1-12(2)9(6-10(12)16-3)13-7-8-4-5-11(15)14-8/h8-10,13H,4-7H2,1-3H3,(H,14,15). The Morgan fingerprint density at radius 2 is 2.31 bits per heavy atom. The summed E-state index contributed by atoms with van der Waals surface area (Å²) in [6.07, 6.45) is 3.08. The molecule has 16 heavy (non-hydrogen) atoms. The number of carbonyl (C=O) groups is 1. The third-order valence-electron chi connectivity index (χ3n) is 4.16. The van der Waals surface area contributed by atoms with Gasteiger partial charge >= 0.3 is 0 Å². The summed E-state index contributed by atoms with van der Waals surface area (Å²) in [5, 5.41) is 6.52. The van der Waals surface area contributed by atoms with Crippen molar-refractivity contribution in [2.75, 3.05) is 13.7 Å². The number of carbonyl (C=O) groups excluding carboxylic acids is 1. The molecule has 2 rings (SSSR count). The van der Waals surface area contributed by atoms with Crippen LogP contribution in [0.2, 0.25) is 0 Å². The molecule has 3 unspecified atom stereocenters. The zero-order valence-corrected chi connectivity index (χ0v) is 10.4. The molecular weight excluding hydrogens is 204 g/mol. The second-order valence-electron chi connectivity index (χ2n) is 5.55. The minimum absolute atomic E-state index is 0.189. The van der Waals surface area contributed by atoms with Gasteiger partial charge in [0.1, 0.15) is 0 Å². The number of rotatable bonds is 4. The van der Waals surface area contributed by atoms with E-state index in [2.05, 4.69) is 24.5 Å². The summed E-state index contributed by atoms with van der Waals surface area (Å²) < 4.78 is 5.41. The zero-order valence-electron chi connectivity index (χ0n) is 10.4. The van der Waals surface area contributed by atoms with Crippen LogP contribution < -0.4 is 10.6 Å². The third-order valence-corrected chi connectivity index (χ3v) is 4.16. The Balaban J connectivity index is 1.74. The van der Waals surface area contributed by atoms with E-state index in [4.69, 9.17) is 4.74 Å². The fraction of sp³-hybridized carbons (Fsp3) is 0.917. The van der Waals surface area contributed by atoms with E-state index in [0.717, 1.165) is 19.4 Å². The van der Waals surface area contributed by atoms with Crippen LogP contribution in [-0.2, 0) is 9.53 Å². The number of nitrogens with one attached hydrogen (secondary N) is 2. The van der Waals surface area contributed by atoms with Crippen LogP contribution in [0.25, 0.3) is 0 Å². The normalized spacial score (nSPS) is 36.9. The van der Waals surface area contributed by atoms with Gasteiger partial charge in [0.2, 0.25) is 5.91 Å².